The zero-order valence-electron chi connectivity index (χ0n) is 53.0. The number of benzene rings is 8. The van der Waals surface area contributed by atoms with Crippen molar-refractivity contribution in [1.29, 1.82) is 0 Å². The van der Waals surface area contributed by atoms with Crippen LogP contribution in [-0.4, -0.2) is 64.5 Å². The van der Waals surface area contributed by atoms with E-state index in [2.05, 4.69) is 35.4 Å². The van der Waals surface area contributed by atoms with Crippen molar-refractivity contribution in [2.45, 2.75) is 129 Å². The predicted molar refractivity (Wildman–Crippen MR) is 352 cm³/mol. The van der Waals surface area contributed by atoms with Crippen molar-refractivity contribution >= 4 is 39.9 Å². The third kappa shape index (κ3) is 28.3. The summed E-state index contributed by atoms with van der Waals surface area (Å²) in [4.78, 5) is 0.672. The molecule has 0 aliphatic rings. The minimum Gasteiger partial charge on any atom is -0.497 e. The molecule has 0 atom stereocenters. The van der Waals surface area contributed by atoms with Crippen molar-refractivity contribution in [3.63, 3.8) is 0 Å². The number of hydrogen-bond acceptors (Lipinski definition) is 13. The molecule has 0 aromatic heterocycles. The predicted octanol–water partition coefficient (Wildman–Crippen LogP) is 17.9. The Labute approximate surface area is 515 Å². The number of hydrogen-bond donors (Lipinski definition) is 1. The highest BCUT2D eigenvalue weighted by Crippen LogP contribution is 2.31. The van der Waals surface area contributed by atoms with E-state index in [1.54, 1.807) is 72.8 Å². The summed E-state index contributed by atoms with van der Waals surface area (Å²) >= 11 is 0. The summed E-state index contributed by atoms with van der Waals surface area (Å²) in [5.74, 6) is 3.85. The highest BCUT2D eigenvalue weighted by molar-refractivity contribution is 7.91. The number of methoxy groups -OCH3 is 1. The zero-order valence-corrected chi connectivity index (χ0v) is 56.2. The van der Waals surface area contributed by atoms with Gasteiger partial charge in [-0.25, -0.2) is 16.8 Å². The van der Waals surface area contributed by atoms with Crippen LogP contribution in [0.1, 0.15) is 118 Å². The first-order valence-corrected chi connectivity index (χ1v) is 35.0. The summed E-state index contributed by atoms with van der Waals surface area (Å²) in [5.41, 5.74) is 5.80. The van der Waals surface area contributed by atoms with E-state index in [-0.39, 0.29) is 25.3 Å². The maximum Gasteiger partial charge on any atom is 0.264 e. The van der Waals surface area contributed by atoms with Crippen LogP contribution in [0, 0.1) is 6.92 Å². The van der Waals surface area contributed by atoms with Crippen molar-refractivity contribution in [2.75, 3.05) is 26.2 Å². The zero-order chi connectivity index (χ0) is 65.5. The topological polar surface area (TPSA) is 203 Å². The second kappa shape index (κ2) is 41.7. The fraction of sp³-hybridized carbons (Fsp3) is 0.294. The lowest BCUT2D eigenvalue weighted by Crippen LogP contribution is -2.01. The Balaban J connectivity index is 0.00000261. The third-order valence-corrected chi connectivity index (χ3v) is 15.8. The van der Waals surface area contributed by atoms with Gasteiger partial charge in [0.1, 0.15) is 40.2 Å². The van der Waals surface area contributed by atoms with Crippen molar-refractivity contribution in [3.8, 4) is 40.2 Å². The van der Waals surface area contributed by atoms with Gasteiger partial charge in [0.15, 0.2) is 0 Å². The van der Waals surface area contributed by atoms with Crippen LogP contribution in [0.5, 0.6) is 40.2 Å². The second-order valence-electron chi connectivity index (χ2n) is 16.4. The number of aryl methyl sites for hydroxylation is 1. The van der Waals surface area contributed by atoms with Gasteiger partial charge in [-0.05, 0) is 182 Å². The van der Waals surface area contributed by atoms with Crippen LogP contribution in [0.4, 0.5) is 0 Å². The van der Waals surface area contributed by atoms with Crippen LogP contribution in [0.25, 0.3) is 0 Å². The van der Waals surface area contributed by atoms with Crippen LogP contribution in [0.15, 0.2) is 214 Å². The fourth-order valence-electron chi connectivity index (χ4n) is 6.70. The molecule has 0 amide bonds. The minimum absolute atomic E-state index is 0.156. The molecule has 470 valence electrons. The molecule has 0 radical (unpaired) electrons. The molecular weight excluding hydrogens is 1170 g/mol. The average molecular weight is 1260 g/mol. The Bertz CT molecular complexity index is 3510. The van der Waals surface area contributed by atoms with E-state index in [0.29, 0.717) is 46.7 Å². The molecule has 0 heterocycles. The van der Waals surface area contributed by atoms with Gasteiger partial charge >= 0.3 is 0 Å². The number of sulfone groups is 2. The maximum atomic E-state index is 13.5. The first-order valence-electron chi connectivity index (χ1n) is 28.6. The summed E-state index contributed by atoms with van der Waals surface area (Å²) in [6, 6.07) is 57.2. The van der Waals surface area contributed by atoms with Gasteiger partial charge in [0.2, 0.25) is 19.7 Å². The quantitative estimate of drug-likeness (QED) is 0.0666. The molecule has 8 aromatic rings. The highest BCUT2D eigenvalue weighted by atomic mass is 32.2. The van der Waals surface area contributed by atoms with Gasteiger partial charge in [0, 0.05) is 0 Å². The van der Waals surface area contributed by atoms with Gasteiger partial charge in [-0.2, -0.15) is 16.8 Å². The van der Waals surface area contributed by atoms with E-state index in [4.69, 9.17) is 23.5 Å². The largest absolute Gasteiger partial charge is 0.497 e. The van der Waals surface area contributed by atoms with E-state index < -0.39 is 39.9 Å². The van der Waals surface area contributed by atoms with Crippen LogP contribution in [0.3, 0.4) is 0 Å². The van der Waals surface area contributed by atoms with Crippen LogP contribution >= 0.6 is 0 Å². The highest BCUT2D eigenvalue weighted by Gasteiger charge is 2.19. The summed E-state index contributed by atoms with van der Waals surface area (Å²) < 4.78 is 127. The second-order valence-corrected chi connectivity index (χ2v) is 23.8. The Morgan fingerprint density at radius 1 is 0.326 bits per heavy atom. The normalized spacial score (nSPS) is 10.3. The summed E-state index contributed by atoms with van der Waals surface area (Å²) in [7, 11) is -11.6. The Hall–Kier alpha value is -7.32. The molecule has 0 saturated heterocycles. The van der Waals surface area contributed by atoms with Gasteiger partial charge in [-0.1, -0.05) is 149 Å². The molecule has 8 aromatic carbocycles. The Kier molecular flexibility index (Phi) is 38.1. The minimum atomic E-state index is -3.77. The Morgan fingerprint density at radius 2 is 0.500 bits per heavy atom. The molecule has 0 saturated carbocycles. The monoisotopic (exact) mass is 1260 g/mol. The molecule has 18 heteroatoms. The SMILES string of the molecule is CC.CC.CC.CC.CC.CC.CCS(=O)(=O)O.COS(C)(=O)=O.COc1ccc(S(=O)(=O)c2ccc(Oc3ccc(Cc4ccc(Oc5ccc(S(=O)(=O)c6ccc(Oc7ccc(Cc8ccc(C)cc8)cc7)cc6)cc5)cc4)cc3)cc2)cc1. The van der Waals surface area contributed by atoms with Gasteiger partial charge in [-0.15, -0.1) is 0 Å². The van der Waals surface area contributed by atoms with E-state index in [1.165, 1.54) is 55.0 Å². The van der Waals surface area contributed by atoms with Crippen molar-refractivity contribution < 1.29 is 61.4 Å². The summed E-state index contributed by atoms with van der Waals surface area (Å²) in [6.07, 6.45) is 2.50. The molecule has 0 fully saturated rings. The fourth-order valence-corrected chi connectivity index (χ4v) is 9.22. The molecular formula is C68H90O14S4. The first kappa shape index (κ1) is 78.7. The molecule has 0 aliphatic carbocycles. The van der Waals surface area contributed by atoms with Gasteiger partial charge in [0.05, 0.1) is 45.8 Å². The summed E-state index contributed by atoms with van der Waals surface area (Å²) in [5, 5.41) is 0. The van der Waals surface area contributed by atoms with Crippen molar-refractivity contribution in [2.24, 2.45) is 0 Å². The third-order valence-electron chi connectivity index (χ3n) is 10.9. The molecule has 0 unspecified atom stereocenters. The van der Waals surface area contributed by atoms with Crippen LogP contribution in [0.2, 0.25) is 0 Å². The molecule has 0 bridgehead atoms. The molecule has 1 N–H and O–H groups in total. The first-order chi connectivity index (χ1) is 41.1. The number of rotatable bonds is 17. The smallest absolute Gasteiger partial charge is 0.264 e. The molecule has 0 aliphatic heterocycles. The van der Waals surface area contributed by atoms with E-state index in [1.807, 2.05) is 156 Å². The van der Waals surface area contributed by atoms with E-state index in [0.717, 1.165) is 30.9 Å². The van der Waals surface area contributed by atoms with Gasteiger partial charge < -0.3 is 18.9 Å². The van der Waals surface area contributed by atoms with E-state index in [9.17, 15) is 33.7 Å². The standard InChI is InChI=1S/C52H42O8S2.2C2H6O3S.6C2H6/c1-37-3-5-38(6-4-37)35-39-7-13-43(14-8-39)58-47-23-31-51(32-24-47)62(55,56)52-33-25-48(26-34-52)60-45-17-11-41(12-18-45)36-40-9-15-44(16-10-40)59-46-21-29-50(30-22-46)61(53,54)49-27-19-42(57-2)20-28-49;1-5-6(2,3)4;1-2-6(3,4)5;6*1-2/h3-34H,35-36H2,1-2H3;1-2H3;2H2,1H3,(H,3,4,5);6*1-2H3. The average Bonchev–Trinajstić information content (AvgIpc) is 1.98. The summed E-state index contributed by atoms with van der Waals surface area (Å²) in [6.45, 7) is 27.4. The lowest BCUT2D eigenvalue weighted by atomic mass is 10.0. The molecule has 0 spiro atoms. The maximum absolute atomic E-state index is 13.5. The van der Waals surface area contributed by atoms with Crippen LogP contribution in [-0.2, 0) is 56.9 Å². The van der Waals surface area contributed by atoms with Gasteiger partial charge in [0.25, 0.3) is 20.2 Å². The van der Waals surface area contributed by atoms with Crippen molar-refractivity contribution in [1.82, 2.24) is 0 Å². The molecule has 8 rings (SSSR count). The molecule has 14 nitrogen and oxygen atoms in total. The lowest BCUT2D eigenvalue weighted by Gasteiger charge is -2.10. The van der Waals surface area contributed by atoms with Crippen molar-refractivity contribution in [3.05, 3.63) is 222 Å². The number of ether oxygens (including phenoxy) is 4. The van der Waals surface area contributed by atoms with E-state index >= 15 is 0 Å². The Morgan fingerprint density at radius 3 is 0.674 bits per heavy atom. The van der Waals surface area contributed by atoms with Gasteiger partial charge in [-0.3, -0.25) is 8.74 Å². The van der Waals surface area contributed by atoms with Crippen LogP contribution < -0.4 is 18.9 Å². The lowest BCUT2D eigenvalue weighted by molar-refractivity contribution is 0.403. The molecule has 86 heavy (non-hydrogen) atoms.